The van der Waals surface area contributed by atoms with Crippen molar-refractivity contribution in [3.63, 3.8) is 0 Å². The number of aliphatic hydroxyl groups is 2. The van der Waals surface area contributed by atoms with Gasteiger partial charge in [-0.15, -0.1) is 0 Å². The van der Waals surface area contributed by atoms with Gasteiger partial charge in [-0.25, -0.2) is 0 Å². The lowest BCUT2D eigenvalue weighted by molar-refractivity contribution is -0.151. The zero-order valence-corrected chi connectivity index (χ0v) is 42.7. The summed E-state index contributed by atoms with van der Waals surface area (Å²) < 4.78 is 5.94. The zero-order chi connectivity index (χ0) is 46.7. The predicted molar refractivity (Wildman–Crippen MR) is 278 cm³/mol. The number of aliphatic hydroxyl groups excluding tert-OH is 2. The van der Waals surface area contributed by atoms with Crippen LogP contribution in [0.5, 0.6) is 0 Å². The number of unbranched alkanes of at least 4 members (excludes halogenated alkanes) is 33. The van der Waals surface area contributed by atoms with Crippen LogP contribution in [-0.2, 0) is 14.3 Å². The van der Waals surface area contributed by atoms with Gasteiger partial charge < -0.3 is 20.3 Å². The van der Waals surface area contributed by atoms with Crippen LogP contribution in [0.3, 0.4) is 0 Å². The summed E-state index contributed by atoms with van der Waals surface area (Å²) in [6, 6.07) is -0.705. The van der Waals surface area contributed by atoms with Crippen LogP contribution < -0.4 is 5.32 Å². The maximum absolute atomic E-state index is 13.2. The molecular formula is C58H107NO5. The van der Waals surface area contributed by atoms with Gasteiger partial charge in [-0.3, -0.25) is 9.59 Å². The normalized spacial score (nSPS) is 13.5. The summed E-state index contributed by atoms with van der Waals surface area (Å²) in [5.74, 6) is -0.488. The Labute approximate surface area is 397 Å². The van der Waals surface area contributed by atoms with Gasteiger partial charge in [0.2, 0.25) is 5.91 Å². The molecule has 0 aliphatic rings. The van der Waals surface area contributed by atoms with Gasteiger partial charge in [0.05, 0.1) is 25.2 Å². The van der Waals surface area contributed by atoms with Crippen molar-refractivity contribution in [2.24, 2.45) is 0 Å². The van der Waals surface area contributed by atoms with Gasteiger partial charge in [0.25, 0.3) is 0 Å². The Kier molecular flexibility index (Phi) is 50.0. The molecule has 0 aromatic heterocycles. The van der Waals surface area contributed by atoms with Gasteiger partial charge in [-0.1, -0.05) is 275 Å². The van der Waals surface area contributed by atoms with Crippen molar-refractivity contribution in [1.82, 2.24) is 5.32 Å². The topological polar surface area (TPSA) is 95.9 Å². The fraction of sp³-hybridized carbons (Fsp3) is 0.828. The number of carbonyl (C=O) groups excluding carboxylic acids is 2. The molecule has 6 heteroatoms. The highest BCUT2D eigenvalue weighted by atomic mass is 16.5. The summed E-state index contributed by atoms with van der Waals surface area (Å²) in [5, 5.41) is 23.9. The van der Waals surface area contributed by atoms with E-state index < -0.39 is 18.2 Å². The second kappa shape index (κ2) is 51.8. The van der Waals surface area contributed by atoms with Gasteiger partial charge in [-0.05, 0) is 44.9 Å². The molecule has 3 atom stereocenters. The number of amides is 1. The monoisotopic (exact) mass is 898 g/mol. The molecule has 0 bridgehead atoms. The molecule has 3 N–H and O–H groups in total. The standard InChI is InChI=1S/C58H107NO5/c1-4-7-10-13-16-19-22-25-28-30-32-35-38-41-44-47-50-56(61)55(53-60)59-57(62)52-54(49-46-43-40-37-34-31-27-24-21-18-15-12-9-6-3)64-58(63)51-48-45-42-39-36-33-29-26-23-20-17-14-11-8-5-2/h8,11,14,17,20,23,26,29,54-56,60-61H,4-7,9-10,12-13,15-16,18-19,21-22,24-25,27-28,30-53H2,1-3H3,(H,59,62)/b11-8+,17-14+,23-20+,29-26-. The van der Waals surface area contributed by atoms with Gasteiger partial charge in [0.1, 0.15) is 6.10 Å². The molecule has 0 aromatic carbocycles. The molecule has 0 heterocycles. The number of esters is 1. The van der Waals surface area contributed by atoms with E-state index in [0.29, 0.717) is 19.3 Å². The van der Waals surface area contributed by atoms with E-state index in [0.717, 1.165) is 70.6 Å². The summed E-state index contributed by atoms with van der Waals surface area (Å²) in [6.07, 6.45) is 63.1. The molecule has 0 aliphatic carbocycles. The van der Waals surface area contributed by atoms with E-state index in [-0.39, 0.29) is 24.9 Å². The number of allylic oxidation sites excluding steroid dienone is 8. The van der Waals surface area contributed by atoms with Crippen LogP contribution in [0.2, 0.25) is 0 Å². The Morgan fingerprint density at radius 2 is 0.844 bits per heavy atom. The van der Waals surface area contributed by atoms with Gasteiger partial charge in [0.15, 0.2) is 0 Å². The van der Waals surface area contributed by atoms with Crippen molar-refractivity contribution in [3.05, 3.63) is 48.6 Å². The lowest BCUT2D eigenvalue weighted by Gasteiger charge is -2.24. The van der Waals surface area contributed by atoms with Crippen LogP contribution in [0.1, 0.15) is 284 Å². The smallest absolute Gasteiger partial charge is 0.306 e. The molecule has 374 valence electrons. The highest BCUT2D eigenvalue weighted by molar-refractivity contribution is 5.77. The van der Waals surface area contributed by atoms with Gasteiger partial charge in [-0.2, -0.15) is 0 Å². The third-order valence-electron chi connectivity index (χ3n) is 12.8. The highest BCUT2D eigenvalue weighted by Crippen LogP contribution is 2.19. The van der Waals surface area contributed by atoms with Crippen molar-refractivity contribution >= 4 is 11.9 Å². The summed E-state index contributed by atoms with van der Waals surface area (Å²) >= 11 is 0. The maximum Gasteiger partial charge on any atom is 0.306 e. The van der Waals surface area contributed by atoms with Gasteiger partial charge >= 0.3 is 5.97 Å². The first kappa shape index (κ1) is 61.8. The van der Waals surface area contributed by atoms with Crippen LogP contribution in [0.15, 0.2) is 48.6 Å². The van der Waals surface area contributed by atoms with E-state index in [2.05, 4.69) is 56.5 Å². The molecular weight excluding hydrogens is 791 g/mol. The largest absolute Gasteiger partial charge is 0.462 e. The molecule has 0 rings (SSSR count). The molecule has 0 saturated heterocycles. The number of rotatable bonds is 50. The molecule has 64 heavy (non-hydrogen) atoms. The van der Waals surface area contributed by atoms with E-state index in [1.165, 1.54) is 167 Å². The van der Waals surface area contributed by atoms with Crippen LogP contribution in [-0.4, -0.2) is 46.9 Å². The molecule has 0 saturated carbocycles. The minimum Gasteiger partial charge on any atom is -0.462 e. The quantitative estimate of drug-likeness (QED) is 0.0321. The summed E-state index contributed by atoms with van der Waals surface area (Å²) in [7, 11) is 0. The lowest BCUT2D eigenvalue weighted by atomic mass is 10.0. The Balaban J connectivity index is 4.55. The summed E-state index contributed by atoms with van der Waals surface area (Å²) in [6.45, 7) is 6.37. The molecule has 1 amide bonds. The maximum atomic E-state index is 13.2. The Hall–Kier alpha value is -2.18. The van der Waals surface area contributed by atoms with Crippen LogP contribution in [0.4, 0.5) is 0 Å². The summed E-state index contributed by atoms with van der Waals surface area (Å²) in [4.78, 5) is 26.2. The third-order valence-corrected chi connectivity index (χ3v) is 12.8. The van der Waals surface area contributed by atoms with Crippen LogP contribution in [0.25, 0.3) is 0 Å². The van der Waals surface area contributed by atoms with Gasteiger partial charge in [0, 0.05) is 6.42 Å². The van der Waals surface area contributed by atoms with Crippen molar-refractivity contribution in [1.29, 1.82) is 0 Å². The van der Waals surface area contributed by atoms with E-state index in [9.17, 15) is 19.8 Å². The highest BCUT2D eigenvalue weighted by Gasteiger charge is 2.24. The first-order valence-corrected chi connectivity index (χ1v) is 27.9. The Bertz CT molecular complexity index is 1100. The fourth-order valence-corrected chi connectivity index (χ4v) is 8.56. The lowest BCUT2D eigenvalue weighted by Crippen LogP contribution is -2.46. The van der Waals surface area contributed by atoms with Crippen LogP contribution >= 0.6 is 0 Å². The SMILES string of the molecule is CC/C=C/C=C/C=C/C=C\CCCCCCCC(=O)OC(CCCCCCCCCCCCCCCC)CC(=O)NC(CO)C(O)CCCCCCCCCCCCCCCCCC. The number of ether oxygens (including phenoxy) is 1. The van der Waals surface area contributed by atoms with Crippen molar-refractivity contribution in [2.75, 3.05) is 6.61 Å². The average Bonchev–Trinajstić information content (AvgIpc) is 3.29. The van der Waals surface area contributed by atoms with E-state index >= 15 is 0 Å². The van der Waals surface area contributed by atoms with E-state index in [1.54, 1.807) is 0 Å². The average molecular weight is 898 g/mol. The second-order valence-electron chi connectivity index (χ2n) is 19.1. The zero-order valence-electron chi connectivity index (χ0n) is 42.7. The first-order valence-electron chi connectivity index (χ1n) is 27.9. The van der Waals surface area contributed by atoms with E-state index in [1.807, 2.05) is 18.2 Å². The third kappa shape index (κ3) is 46.4. The second-order valence-corrected chi connectivity index (χ2v) is 19.1. The van der Waals surface area contributed by atoms with Crippen molar-refractivity contribution < 1.29 is 24.5 Å². The minimum atomic E-state index is -0.791. The molecule has 0 fully saturated rings. The number of carbonyl (C=O) groups is 2. The molecule has 3 unspecified atom stereocenters. The number of nitrogens with one attached hydrogen (secondary N) is 1. The first-order chi connectivity index (χ1) is 31.5. The Morgan fingerprint density at radius 1 is 0.469 bits per heavy atom. The molecule has 0 spiro atoms. The number of hydrogen-bond donors (Lipinski definition) is 3. The van der Waals surface area contributed by atoms with Crippen molar-refractivity contribution in [2.45, 2.75) is 302 Å². The molecule has 0 radical (unpaired) electrons. The number of hydrogen-bond acceptors (Lipinski definition) is 5. The molecule has 6 nitrogen and oxygen atoms in total. The van der Waals surface area contributed by atoms with Crippen molar-refractivity contribution in [3.8, 4) is 0 Å². The van der Waals surface area contributed by atoms with E-state index in [4.69, 9.17) is 4.74 Å². The molecule has 0 aromatic rings. The fourth-order valence-electron chi connectivity index (χ4n) is 8.56. The van der Waals surface area contributed by atoms with Crippen LogP contribution in [0, 0.1) is 0 Å². The predicted octanol–water partition coefficient (Wildman–Crippen LogP) is 17.0. The minimum absolute atomic E-state index is 0.0708. The Morgan fingerprint density at radius 3 is 1.28 bits per heavy atom. The molecule has 0 aliphatic heterocycles. The summed E-state index contributed by atoms with van der Waals surface area (Å²) in [5.41, 5.74) is 0.